The molecule has 6 nitrogen and oxygen atoms in total. The number of aromatic nitrogens is 2. The first-order chi connectivity index (χ1) is 10.2. The van der Waals surface area contributed by atoms with Crippen LogP contribution < -0.4 is 10.6 Å². The molecule has 1 aliphatic carbocycles. The van der Waals surface area contributed by atoms with Crippen molar-refractivity contribution in [2.75, 3.05) is 5.32 Å². The fourth-order valence-electron chi connectivity index (χ4n) is 2.51. The van der Waals surface area contributed by atoms with Crippen LogP contribution >= 0.6 is 27.5 Å². The molecule has 8 heteroatoms. The minimum Gasteiger partial charge on any atom is -0.365 e. The molecule has 1 heterocycles. The van der Waals surface area contributed by atoms with Gasteiger partial charge in [0.1, 0.15) is 5.82 Å². The van der Waals surface area contributed by atoms with Crippen LogP contribution in [-0.2, 0) is 4.74 Å². The first kappa shape index (κ1) is 17.9. The molecule has 124 valence electrons. The molecule has 1 unspecified atom stereocenters. The number of hydrogen-bond acceptors (Lipinski definition) is 6. The highest BCUT2D eigenvalue weighted by molar-refractivity contribution is 9.10. The molecule has 0 amide bonds. The van der Waals surface area contributed by atoms with Crippen LogP contribution in [0.1, 0.15) is 40.0 Å². The minimum absolute atomic E-state index is 0.0954. The van der Waals surface area contributed by atoms with Crippen molar-refractivity contribution in [2.24, 2.45) is 0 Å². The van der Waals surface area contributed by atoms with Crippen LogP contribution in [0.4, 0.5) is 5.82 Å². The second kappa shape index (κ2) is 7.40. The molecule has 1 aliphatic rings. The van der Waals surface area contributed by atoms with E-state index < -0.39 is 12.0 Å². The molecule has 2 rings (SSSR count). The molecule has 0 saturated heterocycles. The maximum absolute atomic E-state index is 10.0. The van der Waals surface area contributed by atoms with Gasteiger partial charge in [-0.25, -0.2) is 4.98 Å². The number of aliphatic hydroxyl groups is 1. The maximum Gasteiger partial charge on any atom is 0.224 e. The van der Waals surface area contributed by atoms with E-state index in [9.17, 15) is 5.11 Å². The van der Waals surface area contributed by atoms with E-state index >= 15 is 0 Å². The highest BCUT2D eigenvalue weighted by atomic mass is 79.9. The Morgan fingerprint density at radius 3 is 2.77 bits per heavy atom. The largest absolute Gasteiger partial charge is 0.365 e. The molecule has 0 radical (unpaired) electrons. The van der Waals surface area contributed by atoms with Crippen molar-refractivity contribution in [3.8, 4) is 0 Å². The Bertz CT molecular complexity index is 512. The number of aliphatic hydroxyl groups excluding tert-OH is 1. The number of hydrogen-bond donors (Lipinski definition) is 3. The van der Waals surface area contributed by atoms with Crippen molar-refractivity contribution < 1.29 is 9.84 Å². The van der Waals surface area contributed by atoms with E-state index in [1.54, 1.807) is 6.20 Å². The highest BCUT2D eigenvalue weighted by Gasteiger charge is 2.30. The third-order valence-corrected chi connectivity index (χ3v) is 4.14. The standard InChI is InChI=1S/C14H22BrClN4O2/c1-14(2,3)22-13(21)19-10-6-4-5-9(10)18-11-8(15)7-17-12(16)20-11/h7,9-10,13,19,21H,4-6H2,1-3H3,(H,17,18,20)/t9-,10-,13?/m0/s1. The van der Waals surface area contributed by atoms with Crippen molar-refractivity contribution >= 4 is 33.3 Å². The van der Waals surface area contributed by atoms with Crippen LogP contribution in [-0.4, -0.2) is 39.2 Å². The van der Waals surface area contributed by atoms with Crippen LogP contribution in [0.5, 0.6) is 0 Å². The number of halogens is 2. The summed E-state index contributed by atoms with van der Waals surface area (Å²) in [6.45, 7) is 5.72. The zero-order chi connectivity index (χ0) is 16.3. The lowest BCUT2D eigenvalue weighted by molar-refractivity contribution is -0.185. The number of ether oxygens (including phenoxy) is 1. The van der Waals surface area contributed by atoms with Gasteiger partial charge in [0.2, 0.25) is 11.7 Å². The lowest BCUT2D eigenvalue weighted by Crippen LogP contribution is -2.48. The highest BCUT2D eigenvalue weighted by Crippen LogP contribution is 2.27. The number of anilines is 1. The van der Waals surface area contributed by atoms with Gasteiger partial charge in [0.05, 0.1) is 10.1 Å². The molecule has 1 fully saturated rings. The zero-order valence-electron chi connectivity index (χ0n) is 12.9. The molecule has 22 heavy (non-hydrogen) atoms. The molecular formula is C14H22BrClN4O2. The van der Waals surface area contributed by atoms with Gasteiger partial charge in [-0.15, -0.1) is 0 Å². The second-order valence-electron chi connectivity index (χ2n) is 6.37. The van der Waals surface area contributed by atoms with Crippen molar-refractivity contribution in [2.45, 2.75) is 64.1 Å². The molecule has 1 saturated carbocycles. The van der Waals surface area contributed by atoms with E-state index in [0.29, 0.717) is 5.82 Å². The molecule has 0 aromatic carbocycles. The third kappa shape index (κ3) is 5.31. The average molecular weight is 394 g/mol. The molecule has 1 aromatic rings. The van der Waals surface area contributed by atoms with Gasteiger partial charge in [0.25, 0.3) is 0 Å². The van der Waals surface area contributed by atoms with Crippen molar-refractivity contribution in [3.05, 3.63) is 16.0 Å². The van der Waals surface area contributed by atoms with Crippen molar-refractivity contribution in [1.29, 1.82) is 0 Å². The Hall–Kier alpha value is -0.470. The van der Waals surface area contributed by atoms with Crippen LogP contribution in [0, 0.1) is 0 Å². The predicted molar refractivity (Wildman–Crippen MR) is 89.8 cm³/mol. The summed E-state index contributed by atoms with van der Waals surface area (Å²) in [7, 11) is 0. The predicted octanol–water partition coefficient (Wildman–Crippen LogP) is 2.91. The Morgan fingerprint density at radius 2 is 2.09 bits per heavy atom. The summed E-state index contributed by atoms with van der Waals surface area (Å²) in [5.41, 5.74) is -0.406. The first-order valence-electron chi connectivity index (χ1n) is 7.31. The van der Waals surface area contributed by atoms with E-state index in [0.717, 1.165) is 23.7 Å². The number of nitrogens with zero attached hydrogens (tertiary/aromatic N) is 2. The summed E-state index contributed by atoms with van der Waals surface area (Å²) in [6, 6.07) is 0.235. The van der Waals surface area contributed by atoms with E-state index in [-0.39, 0.29) is 17.4 Å². The van der Waals surface area contributed by atoms with Gasteiger partial charge in [-0.05, 0) is 67.6 Å². The summed E-state index contributed by atoms with van der Waals surface area (Å²) in [6.07, 6.45) is 3.62. The van der Waals surface area contributed by atoms with Gasteiger partial charge in [0.15, 0.2) is 0 Å². The molecule has 3 N–H and O–H groups in total. The Morgan fingerprint density at radius 1 is 1.41 bits per heavy atom. The molecule has 0 aliphatic heterocycles. The summed E-state index contributed by atoms with van der Waals surface area (Å²) in [5, 5.41) is 16.7. The van der Waals surface area contributed by atoms with Gasteiger partial charge in [-0.3, -0.25) is 5.32 Å². The first-order valence-corrected chi connectivity index (χ1v) is 8.48. The SMILES string of the molecule is CC(C)(C)OC(O)N[C@H]1CCC[C@@H]1Nc1nc(Cl)ncc1Br. The topological polar surface area (TPSA) is 79.3 Å². The summed E-state index contributed by atoms with van der Waals surface area (Å²) in [5.74, 6) is 0.657. The molecule has 0 bridgehead atoms. The quantitative estimate of drug-likeness (QED) is 0.527. The van der Waals surface area contributed by atoms with Gasteiger partial charge in [-0.2, -0.15) is 4.98 Å². The Labute approximate surface area is 144 Å². The molecule has 3 atom stereocenters. The lowest BCUT2D eigenvalue weighted by Gasteiger charge is -2.29. The molecule has 0 spiro atoms. The fraction of sp³-hybridized carbons (Fsp3) is 0.714. The van der Waals surface area contributed by atoms with Crippen molar-refractivity contribution in [1.82, 2.24) is 15.3 Å². The second-order valence-corrected chi connectivity index (χ2v) is 7.57. The van der Waals surface area contributed by atoms with E-state index in [1.807, 2.05) is 20.8 Å². The summed E-state index contributed by atoms with van der Waals surface area (Å²) < 4.78 is 6.26. The summed E-state index contributed by atoms with van der Waals surface area (Å²) in [4.78, 5) is 8.10. The zero-order valence-corrected chi connectivity index (χ0v) is 15.3. The minimum atomic E-state index is -0.996. The average Bonchev–Trinajstić information content (AvgIpc) is 2.79. The molecular weight excluding hydrogens is 372 g/mol. The monoisotopic (exact) mass is 392 g/mol. The number of rotatable bonds is 5. The van der Waals surface area contributed by atoms with Crippen LogP contribution in [0.15, 0.2) is 10.7 Å². The van der Waals surface area contributed by atoms with E-state index in [1.165, 1.54) is 0 Å². The maximum atomic E-state index is 10.0. The smallest absolute Gasteiger partial charge is 0.224 e. The van der Waals surface area contributed by atoms with Gasteiger partial charge in [-0.1, -0.05) is 0 Å². The summed E-state index contributed by atoms with van der Waals surface area (Å²) >= 11 is 9.24. The van der Waals surface area contributed by atoms with Gasteiger partial charge < -0.3 is 15.2 Å². The van der Waals surface area contributed by atoms with E-state index in [4.69, 9.17) is 16.3 Å². The Kier molecular flexibility index (Phi) is 6.01. The van der Waals surface area contributed by atoms with Gasteiger partial charge >= 0.3 is 0 Å². The van der Waals surface area contributed by atoms with Crippen LogP contribution in [0.25, 0.3) is 0 Å². The van der Waals surface area contributed by atoms with Crippen LogP contribution in [0.2, 0.25) is 5.28 Å². The van der Waals surface area contributed by atoms with Gasteiger partial charge in [0, 0.05) is 18.3 Å². The fourth-order valence-corrected chi connectivity index (χ4v) is 2.95. The lowest BCUT2D eigenvalue weighted by atomic mass is 10.1. The van der Waals surface area contributed by atoms with Crippen molar-refractivity contribution in [3.63, 3.8) is 0 Å². The number of nitrogens with one attached hydrogen (secondary N) is 2. The normalized spacial score (nSPS) is 23.5. The van der Waals surface area contributed by atoms with E-state index in [2.05, 4.69) is 36.5 Å². The molecule has 1 aromatic heterocycles. The van der Waals surface area contributed by atoms with Crippen LogP contribution in [0.3, 0.4) is 0 Å². The Balaban J connectivity index is 1.97. The third-order valence-electron chi connectivity index (χ3n) is 3.37.